The number of ether oxygens (including phenoxy) is 2. The summed E-state index contributed by atoms with van der Waals surface area (Å²) in [6.07, 6.45) is -4.48. The number of methoxy groups -OCH3 is 1. The maximum atomic E-state index is 13.4. The molecular weight excluding hydrogens is 784 g/mol. The third-order valence-corrected chi connectivity index (χ3v) is 10.7. The second-order valence-electron chi connectivity index (χ2n) is 14.4. The van der Waals surface area contributed by atoms with Gasteiger partial charge in [-0.15, -0.1) is 0 Å². The molecule has 3 aliphatic rings. The predicted octanol–water partition coefficient (Wildman–Crippen LogP) is 5.54. The fraction of sp³-hybridized carbons (Fsp3) is 0.302. The molecule has 0 spiro atoms. The van der Waals surface area contributed by atoms with Crippen molar-refractivity contribution in [2.24, 2.45) is 0 Å². The van der Waals surface area contributed by atoms with E-state index in [1.54, 1.807) is 28.8 Å². The smallest absolute Gasteiger partial charge is 0.416 e. The van der Waals surface area contributed by atoms with E-state index in [0.29, 0.717) is 47.9 Å². The normalized spacial score (nSPS) is 17.3. The number of halogens is 3. The molecule has 8 rings (SSSR count). The Hall–Kier alpha value is -6.59. The summed E-state index contributed by atoms with van der Waals surface area (Å²) >= 11 is 0. The molecule has 5 amide bonds. The van der Waals surface area contributed by atoms with Gasteiger partial charge in [-0.05, 0) is 72.6 Å². The zero-order valence-corrected chi connectivity index (χ0v) is 31.8. The lowest BCUT2D eigenvalue weighted by Crippen LogP contribution is -2.54. The van der Waals surface area contributed by atoms with E-state index in [1.165, 1.54) is 31.4 Å². The lowest BCUT2D eigenvalue weighted by Gasteiger charge is -2.34. The van der Waals surface area contributed by atoms with Crippen LogP contribution < -0.4 is 20.1 Å². The van der Waals surface area contributed by atoms with Gasteiger partial charge in [0.15, 0.2) is 0 Å². The van der Waals surface area contributed by atoms with Crippen molar-refractivity contribution in [3.05, 3.63) is 113 Å². The van der Waals surface area contributed by atoms with Crippen LogP contribution in [-0.2, 0) is 22.3 Å². The molecule has 312 valence electrons. The summed E-state index contributed by atoms with van der Waals surface area (Å²) < 4.78 is 53.3. The van der Waals surface area contributed by atoms with Crippen LogP contribution in [0.25, 0.3) is 16.7 Å². The minimum absolute atomic E-state index is 0. The summed E-state index contributed by atoms with van der Waals surface area (Å²) in [6, 6.07) is 20.8. The molecule has 1 unspecified atom stereocenters. The first-order chi connectivity index (χ1) is 28.4. The van der Waals surface area contributed by atoms with E-state index in [1.807, 2.05) is 24.3 Å². The molecular formula is C43H42F3N7O7. The van der Waals surface area contributed by atoms with Crippen molar-refractivity contribution in [1.29, 1.82) is 0 Å². The Bertz CT molecular complexity index is 2500. The number of hydrogen-bond donors (Lipinski definition) is 2. The van der Waals surface area contributed by atoms with Crippen LogP contribution in [0.5, 0.6) is 11.5 Å². The molecule has 5 aromatic rings. The number of benzene rings is 4. The lowest BCUT2D eigenvalue weighted by molar-refractivity contribution is -0.138. The van der Waals surface area contributed by atoms with E-state index in [-0.39, 0.29) is 42.9 Å². The van der Waals surface area contributed by atoms with Gasteiger partial charge in [0.25, 0.3) is 17.7 Å². The van der Waals surface area contributed by atoms with E-state index in [0.717, 1.165) is 48.8 Å². The summed E-state index contributed by atoms with van der Waals surface area (Å²) in [4.78, 5) is 73.6. The van der Waals surface area contributed by atoms with Gasteiger partial charge in [-0.1, -0.05) is 25.6 Å². The van der Waals surface area contributed by atoms with E-state index < -0.39 is 47.3 Å². The first-order valence-electron chi connectivity index (χ1n) is 18.9. The standard InChI is InChI=1S/C42H38F3N7O7.CH4/c1-58-29-7-3-6-28(22-29)51-34-11-8-25(20-33(34)46-41(51)48-37(54)26-4-2-5-27(21-26)42(43,44)45)24-50-16-14-49(15-17-50)18-19-59-30-9-10-31-32(23-30)40(57)52(39(31)56)35-12-13-36(53)47-38(35)55;/h2-11,20-23,35H,12-19,24H2,1H3,(H,46,48,54)(H,47,53,55);1H4. The number of carbonyl (C=O) groups excluding carboxylic acids is 5. The van der Waals surface area contributed by atoms with Gasteiger partial charge in [-0.3, -0.25) is 53.9 Å². The minimum atomic E-state index is -4.60. The molecule has 2 N–H and O–H groups in total. The topological polar surface area (TPSA) is 155 Å². The van der Waals surface area contributed by atoms with Crippen molar-refractivity contribution in [1.82, 2.24) is 29.6 Å². The number of amides is 5. The van der Waals surface area contributed by atoms with Gasteiger partial charge >= 0.3 is 6.18 Å². The summed E-state index contributed by atoms with van der Waals surface area (Å²) in [7, 11) is 1.54. The zero-order valence-electron chi connectivity index (χ0n) is 31.8. The maximum absolute atomic E-state index is 13.4. The van der Waals surface area contributed by atoms with Gasteiger partial charge in [0, 0.05) is 57.3 Å². The molecule has 2 saturated heterocycles. The number of anilines is 1. The Morgan fingerprint density at radius 3 is 2.37 bits per heavy atom. The van der Waals surface area contributed by atoms with Crippen LogP contribution in [0.15, 0.2) is 84.9 Å². The monoisotopic (exact) mass is 825 g/mol. The summed E-state index contributed by atoms with van der Waals surface area (Å²) in [6.45, 7) is 4.72. The number of aromatic nitrogens is 2. The fourth-order valence-corrected chi connectivity index (χ4v) is 7.59. The highest BCUT2D eigenvalue weighted by molar-refractivity contribution is 6.23. The van der Waals surface area contributed by atoms with Crippen LogP contribution in [0.2, 0.25) is 0 Å². The maximum Gasteiger partial charge on any atom is 0.416 e. The number of alkyl halides is 3. The Kier molecular flexibility index (Phi) is 11.7. The number of carbonyl (C=O) groups is 5. The molecule has 0 radical (unpaired) electrons. The Morgan fingerprint density at radius 2 is 1.62 bits per heavy atom. The quantitative estimate of drug-likeness (QED) is 0.162. The average Bonchev–Trinajstić information content (AvgIpc) is 3.70. The van der Waals surface area contributed by atoms with E-state index >= 15 is 0 Å². The summed E-state index contributed by atoms with van der Waals surface area (Å²) in [5.74, 6) is -1.87. The predicted molar refractivity (Wildman–Crippen MR) is 214 cm³/mol. The van der Waals surface area contributed by atoms with Gasteiger partial charge < -0.3 is 9.47 Å². The molecule has 0 saturated carbocycles. The lowest BCUT2D eigenvalue weighted by atomic mass is 10.0. The fourth-order valence-electron chi connectivity index (χ4n) is 7.59. The molecule has 1 aromatic heterocycles. The number of piperazine rings is 1. The van der Waals surface area contributed by atoms with Gasteiger partial charge in [-0.25, -0.2) is 4.98 Å². The molecule has 1 atom stereocenters. The van der Waals surface area contributed by atoms with Gasteiger partial charge in [0.05, 0.1) is 40.5 Å². The van der Waals surface area contributed by atoms with Crippen molar-refractivity contribution < 1.29 is 46.6 Å². The van der Waals surface area contributed by atoms with Gasteiger partial charge in [0.2, 0.25) is 17.8 Å². The highest BCUT2D eigenvalue weighted by Gasteiger charge is 2.44. The highest BCUT2D eigenvalue weighted by atomic mass is 19.4. The van der Waals surface area contributed by atoms with Crippen LogP contribution in [-0.4, -0.2) is 106 Å². The van der Waals surface area contributed by atoms with Crippen LogP contribution in [0.4, 0.5) is 19.1 Å². The van der Waals surface area contributed by atoms with E-state index in [2.05, 4.69) is 20.4 Å². The number of nitrogens with zero attached hydrogens (tertiary/aromatic N) is 5. The molecule has 4 heterocycles. The highest BCUT2D eigenvalue weighted by Crippen LogP contribution is 2.33. The van der Waals surface area contributed by atoms with Crippen LogP contribution in [0.1, 0.15) is 62.5 Å². The number of fused-ring (bicyclic) bond motifs is 2. The number of imide groups is 2. The second kappa shape index (κ2) is 16.9. The number of piperidine rings is 1. The largest absolute Gasteiger partial charge is 0.497 e. The molecule has 3 aliphatic heterocycles. The van der Waals surface area contributed by atoms with Crippen LogP contribution >= 0.6 is 0 Å². The van der Waals surface area contributed by atoms with E-state index in [9.17, 15) is 37.1 Å². The molecule has 2 fully saturated rings. The number of imidazole rings is 1. The van der Waals surface area contributed by atoms with Crippen molar-refractivity contribution in [2.75, 3.05) is 51.8 Å². The summed E-state index contributed by atoms with van der Waals surface area (Å²) in [5, 5.41) is 4.91. The molecule has 0 aliphatic carbocycles. The van der Waals surface area contributed by atoms with E-state index in [4.69, 9.17) is 14.5 Å². The zero-order chi connectivity index (χ0) is 41.4. The SMILES string of the molecule is C.COc1cccc(-n2c(NC(=O)c3cccc(C(F)(F)F)c3)nc3cc(CN4CCN(CCOc5ccc6c(c5)C(=O)N(C5CCC(=O)NC5=O)C6=O)CC4)ccc32)c1. The van der Waals surface area contributed by atoms with Crippen molar-refractivity contribution in [3.63, 3.8) is 0 Å². The molecule has 0 bridgehead atoms. The Balaban J connectivity index is 0.00000544. The summed E-state index contributed by atoms with van der Waals surface area (Å²) in [5.41, 5.74) is 2.14. The van der Waals surface area contributed by atoms with Crippen molar-refractivity contribution in [2.45, 2.75) is 39.0 Å². The minimum Gasteiger partial charge on any atom is -0.497 e. The third kappa shape index (κ3) is 8.44. The first kappa shape index (κ1) is 41.6. The molecule has 17 heteroatoms. The number of hydrogen-bond acceptors (Lipinski definition) is 10. The van der Waals surface area contributed by atoms with Crippen molar-refractivity contribution >= 4 is 46.5 Å². The number of rotatable bonds is 11. The van der Waals surface area contributed by atoms with Crippen LogP contribution in [0, 0.1) is 0 Å². The average molecular weight is 826 g/mol. The first-order valence-corrected chi connectivity index (χ1v) is 18.9. The molecule has 4 aromatic carbocycles. The number of nitrogens with one attached hydrogen (secondary N) is 2. The third-order valence-electron chi connectivity index (χ3n) is 10.7. The Morgan fingerprint density at radius 1 is 0.867 bits per heavy atom. The molecule has 14 nitrogen and oxygen atoms in total. The van der Waals surface area contributed by atoms with Gasteiger partial charge in [-0.2, -0.15) is 13.2 Å². The van der Waals surface area contributed by atoms with Crippen LogP contribution in [0.3, 0.4) is 0 Å². The Labute approximate surface area is 342 Å². The molecule has 60 heavy (non-hydrogen) atoms. The van der Waals surface area contributed by atoms with Gasteiger partial charge in [0.1, 0.15) is 24.1 Å². The van der Waals surface area contributed by atoms with Crippen molar-refractivity contribution in [3.8, 4) is 17.2 Å². The second-order valence-corrected chi connectivity index (χ2v) is 14.4.